The van der Waals surface area contributed by atoms with Crippen molar-refractivity contribution in [2.24, 2.45) is 0 Å². The number of benzene rings is 1. The number of nitrogens with zero attached hydrogens (tertiary/aromatic N) is 1. The van der Waals surface area contributed by atoms with E-state index in [1.165, 1.54) is 0 Å². The van der Waals surface area contributed by atoms with Crippen LogP contribution in [0.2, 0.25) is 0 Å². The first-order valence-electron chi connectivity index (χ1n) is 8.07. The van der Waals surface area contributed by atoms with Gasteiger partial charge in [0.05, 0.1) is 12.0 Å². The molecule has 1 aromatic rings. The Hall–Kier alpha value is -1.35. The molecule has 21 heavy (non-hydrogen) atoms. The van der Waals surface area contributed by atoms with Gasteiger partial charge in [0.1, 0.15) is 0 Å². The first kappa shape index (κ1) is 17.7. The molecule has 0 spiro atoms. The Morgan fingerprint density at radius 1 is 1.10 bits per heavy atom. The van der Waals surface area contributed by atoms with Crippen LogP contribution in [-0.4, -0.2) is 29.0 Å². The predicted octanol–water partition coefficient (Wildman–Crippen LogP) is 3.71. The van der Waals surface area contributed by atoms with E-state index in [1.807, 2.05) is 35.2 Å². The van der Waals surface area contributed by atoms with Crippen LogP contribution >= 0.6 is 0 Å². The first-order valence-corrected chi connectivity index (χ1v) is 8.07. The molecule has 0 fully saturated rings. The van der Waals surface area contributed by atoms with Crippen LogP contribution in [0.1, 0.15) is 58.4 Å². The topological polar surface area (TPSA) is 40.5 Å². The summed E-state index contributed by atoms with van der Waals surface area (Å²) < 4.78 is 0. The van der Waals surface area contributed by atoms with Crippen LogP contribution in [0.3, 0.4) is 0 Å². The molecule has 1 amide bonds. The molecule has 0 heterocycles. The Kier molecular flexibility index (Phi) is 7.44. The SMILES string of the molecule is CCCCN(CCCC)C(=O)CC(C)(O)c1ccccc1. The minimum Gasteiger partial charge on any atom is -0.385 e. The molecule has 3 heteroatoms. The molecule has 0 aliphatic heterocycles. The summed E-state index contributed by atoms with van der Waals surface area (Å²) in [6.07, 6.45) is 4.33. The van der Waals surface area contributed by atoms with Gasteiger partial charge < -0.3 is 10.0 Å². The van der Waals surface area contributed by atoms with E-state index in [-0.39, 0.29) is 12.3 Å². The predicted molar refractivity (Wildman–Crippen MR) is 87.0 cm³/mol. The third-order valence-corrected chi connectivity index (χ3v) is 3.81. The molecule has 0 aliphatic carbocycles. The Labute approximate surface area is 129 Å². The van der Waals surface area contributed by atoms with Crippen molar-refractivity contribution in [3.8, 4) is 0 Å². The maximum absolute atomic E-state index is 12.5. The van der Waals surface area contributed by atoms with Crippen molar-refractivity contribution in [1.82, 2.24) is 4.90 Å². The quantitative estimate of drug-likeness (QED) is 0.753. The highest BCUT2D eigenvalue weighted by atomic mass is 16.3. The fraction of sp³-hybridized carbons (Fsp3) is 0.611. The van der Waals surface area contributed by atoms with Gasteiger partial charge in [0.2, 0.25) is 5.91 Å². The maximum atomic E-state index is 12.5. The van der Waals surface area contributed by atoms with E-state index in [4.69, 9.17) is 0 Å². The fourth-order valence-electron chi connectivity index (χ4n) is 2.36. The van der Waals surface area contributed by atoms with Gasteiger partial charge in [-0.2, -0.15) is 0 Å². The average Bonchev–Trinajstić information content (AvgIpc) is 2.47. The molecule has 1 atom stereocenters. The van der Waals surface area contributed by atoms with Crippen molar-refractivity contribution in [1.29, 1.82) is 0 Å². The van der Waals surface area contributed by atoms with Gasteiger partial charge in [-0.25, -0.2) is 0 Å². The molecule has 1 N–H and O–H groups in total. The van der Waals surface area contributed by atoms with Crippen LogP contribution in [0.4, 0.5) is 0 Å². The third kappa shape index (κ3) is 5.88. The average molecular weight is 291 g/mol. The summed E-state index contributed by atoms with van der Waals surface area (Å²) in [5.74, 6) is 0.0470. The van der Waals surface area contributed by atoms with Crippen molar-refractivity contribution in [2.45, 2.75) is 58.5 Å². The molecule has 1 unspecified atom stereocenters. The lowest BCUT2D eigenvalue weighted by Gasteiger charge is -2.28. The van der Waals surface area contributed by atoms with Gasteiger partial charge in [-0.1, -0.05) is 57.0 Å². The molecular weight excluding hydrogens is 262 g/mol. The summed E-state index contributed by atoms with van der Waals surface area (Å²) in [5.41, 5.74) is -0.307. The van der Waals surface area contributed by atoms with E-state index < -0.39 is 5.60 Å². The maximum Gasteiger partial charge on any atom is 0.225 e. The summed E-state index contributed by atoms with van der Waals surface area (Å²) in [6.45, 7) is 7.56. The number of rotatable bonds is 9. The van der Waals surface area contributed by atoms with Gasteiger partial charge in [-0.3, -0.25) is 4.79 Å². The minimum absolute atomic E-state index is 0.0470. The summed E-state index contributed by atoms with van der Waals surface area (Å²) in [5, 5.41) is 10.6. The van der Waals surface area contributed by atoms with E-state index in [1.54, 1.807) is 6.92 Å². The first-order chi connectivity index (χ1) is 10.0. The van der Waals surface area contributed by atoms with E-state index in [2.05, 4.69) is 13.8 Å². The minimum atomic E-state index is -1.10. The van der Waals surface area contributed by atoms with Gasteiger partial charge in [0.15, 0.2) is 0 Å². The van der Waals surface area contributed by atoms with Crippen LogP contribution in [0.5, 0.6) is 0 Å². The number of amides is 1. The second-order valence-corrected chi connectivity index (χ2v) is 5.90. The fourth-order valence-corrected chi connectivity index (χ4v) is 2.36. The Morgan fingerprint density at radius 3 is 2.10 bits per heavy atom. The van der Waals surface area contributed by atoms with Crippen molar-refractivity contribution < 1.29 is 9.90 Å². The van der Waals surface area contributed by atoms with Crippen molar-refractivity contribution >= 4 is 5.91 Å². The summed E-state index contributed by atoms with van der Waals surface area (Å²) >= 11 is 0. The monoisotopic (exact) mass is 291 g/mol. The second-order valence-electron chi connectivity index (χ2n) is 5.90. The number of hydrogen-bond acceptors (Lipinski definition) is 2. The van der Waals surface area contributed by atoms with Crippen molar-refractivity contribution in [2.75, 3.05) is 13.1 Å². The molecular formula is C18H29NO2. The highest BCUT2D eigenvalue weighted by Crippen LogP contribution is 2.25. The van der Waals surface area contributed by atoms with Gasteiger partial charge in [-0.15, -0.1) is 0 Å². The molecule has 0 aromatic heterocycles. The third-order valence-electron chi connectivity index (χ3n) is 3.81. The van der Waals surface area contributed by atoms with E-state index in [0.29, 0.717) is 0 Å². The summed E-state index contributed by atoms with van der Waals surface area (Å²) in [4.78, 5) is 14.4. The lowest BCUT2D eigenvalue weighted by molar-refractivity contribution is -0.136. The lowest BCUT2D eigenvalue weighted by Crippen LogP contribution is -2.37. The Balaban J connectivity index is 2.70. The molecule has 0 aliphatic rings. The smallest absolute Gasteiger partial charge is 0.225 e. The number of carbonyl (C=O) groups excluding carboxylic acids is 1. The van der Waals surface area contributed by atoms with Gasteiger partial charge in [0.25, 0.3) is 0 Å². The largest absolute Gasteiger partial charge is 0.385 e. The zero-order valence-corrected chi connectivity index (χ0v) is 13.6. The van der Waals surface area contributed by atoms with E-state index in [9.17, 15) is 9.90 Å². The zero-order valence-electron chi connectivity index (χ0n) is 13.6. The molecule has 0 saturated carbocycles. The summed E-state index contributed by atoms with van der Waals surface area (Å²) in [6, 6.07) is 9.43. The Bertz CT molecular complexity index is 406. The standard InChI is InChI=1S/C18H29NO2/c1-4-6-13-19(14-7-5-2)17(20)15-18(3,21)16-11-9-8-10-12-16/h8-12,21H,4-7,13-15H2,1-3H3. The summed E-state index contributed by atoms with van der Waals surface area (Å²) in [7, 11) is 0. The molecule has 118 valence electrons. The zero-order chi connectivity index (χ0) is 15.7. The molecule has 0 bridgehead atoms. The van der Waals surface area contributed by atoms with Gasteiger partial charge >= 0.3 is 0 Å². The molecule has 0 radical (unpaired) electrons. The normalized spacial score (nSPS) is 13.7. The van der Waals surface area contributed by atoms with Crippen LogP contribution in [-0.2, 0) is 10.4 Å². The van der Waals surface area contributed by atoms with Crippen LogP contribution in [0.25, 0.3) is 0 Å². The number of aliphatic hydroxyl groups is 1. The van der Waals surface area contributed by atoms with E-state index in [0.717, 1.165) is 44.3 Å². The highest BCUT2D eigenvalue weighted by molar-refractivity contribution is 5.77. The van der Waals surface area contributed by atoms with Crippen LogP contribution in [0.15, 0.2) is 30.3 Å². The lowest BCUT2D eigenvalue weighted by atomic mass is 9.92. The number of hydrogen-bond donors (Lipinski definition) is 1. The Morgan fingerprint density at radius 2 is 1.62 bits per heavy atom. The van der Waals surface area contributed by atoms with Gasteiger partial charge in [0, 0.05) is 13.1 Å². The van der Waals surface area contributed by atoms with Gasteiger partial charge in [-0.05, 0) is 25.3 Å². The second kappa shape index (κ2) is 8.83. The van der Waals surface area contributed by atoms with Crippen LogP contribution < -0.4 is 0 Å². The molecule has 3 nitrogen and oxygen atoms in total. The molecule has 0 saturated heterocycles. The number of unbranched alkanes of at least 4 members (excludes halogenated alkanes) is 2. The highest BCUT2D eigenvalue weighted by Gasteiger charge is 2.28. The van der Waals surface area contributed by atoms with Crippen LogP contribution in [0, 0.1) is 0 Å². The molecule has 1 rings (SSSR count). The number of carbonyl (C=O) groups is 1. The van der Waals surface area contributed by atoms with Crippen molar-refractivity contribution in [3.63, 3.8) is 0 Å². The van der Waals surface area contributed by atoms with E-state index >= 15 is 0 Å². The molecule has 1 aromatic carbocycles. The van der Waals surface area contributed by atoms with Crippen molar-refractivity contribution in [3.05, 3.63) is 35.9 Å².